The zero-order valence-corrected chi connectivity index (χ0v) is 28.8. The van der Waals surface area contributed by atoms with E-state index in [1.165, 1.54) is 64.2 Å². The molecule has 0 aromatic heterocycles. The zero-order valence-electron chi connectivity index (χ0n) is 24.7. The third kappa shape index (κ3) is 6.92. The van der Waals surface area contributed by atoms with Crippen molar-refractivity contribution in [2.45, 2.75) is 127 Å². The molecule has 8 atom stereocenters. The average molecular weight is 707 g/mol. The van der Waals surface area contributed by atoms with Gasteiger partial charge in [0, 0.05) is 0 Å². The van der Waals surface area contributed by atoms with Gasteiger partial charge in [-0.05, 0) is 84.4 Å². The van der Waals surface area contributed by atoms with Gasteiger partial charge in [-0.1, -0.05) is 93.2 Å². The SMILES string of the molecule is CC(C)(C)[C-]=O.CC(C)[C@H](C)CC[C@@H](C)[C@H]1CC[C@H]2[C@@H]3CC=C4C[CH-]CC[C@]4(C)[C@H]3CC[C@]12C.[U+2]. The minimum absolute atomic E-state index is 0. The Morgan fingerprint density at radius 1 is 1.03 bits per heavy atom. The predicted octanol–water partition coefficient (Wildman–Crippen LogP) is 9.62. The van der Waals surface area contributed by atoms with Crippen molar-refractivity contribution in [3.8, 4) is 0 Å². The van der Waals surface area contributed by atoms with Crippen LogP contribution in [-0.2, 0) is 4.79 Å². The molecule has 3 fully saturated rings. The molecule has 4 rings (SSSR count). The first-order valence-corrected chi connectivity index (χ1v) is 14.7. The van der Waals surface area contributed by atoms with E-state index in [0.29, 0.717) is 10.8 Å². The first-order valence-electron chi connectivity index (χ1n) is 14.7. The van der Waals surface area contributed by atoms with E-state index in [1.807, 2.05) is 32.6 Å². The van der Waals surface area contributed by atoms with Crippen molar-refractivity contribution in [3.63, 3.8) is 0 Å². The fourth-order valence-electron chi connectivity index (χ4n) is 8.51. The molecule has 0 N–H and O–H groups in total. The maximum absolute atomic E-state index is 9.70. The van der Waals surface area contributed by atoms with Crippen molar-refractivity contribution in [2.75, 3.05) is 0 Å². The molecule has 2 heteroatoms. The van der Waals surface area contributed by atoms with Crippen molar-refractivity contribution >= 4 is 6.29 Å². The van der Waals surface area contributed by atoms with Crippen molar-refractivity contribution in [1.82, 2.24) is 0 Å². The van der Waals surface area contributed by atoms with Crippen LogP contribution in [0.25, 0.3) is 0 Å². The molecule has 198 valence electrons. The Balaban J connectivity index is 0.000000552. The minimum atomic E-state index is -0.264. The average Bonchev–Trinajstić information content (AvgIpc) is 3.14. The fraction of sp³-hybridized carbons (Fsp3) is 0.879. The molecule has 0 aliphatic heterocycles. The Kier molecular flexibility index (Phi) is 11.4. The summed E-state index contributed by atoms with van der Waals surface area (Å²) in [7, 11) is 0. The summed E-state index contributed by atoms with van der Waals surface area (Å²) in [6, 6.07) is 0. The quantitative estimate of drug-likeness (QED) is 0.206. The van der Waals surface area contributed by atoms with Gasteiger partial charge >= 0.3 is 31.1 Å². The molecule has 0 saturated heterocycles. The van der Waals surface area contributed by atoms with Gasteiger partial charge in [-0.2, -0.15) is 12.8 Å². The van der Waals surface area contributed by atoms with E-state index < -0.39 is 0 Å². The fourth-order valence-corrected chi connectivity index (χ4v) is 8.51. The number of carbonyl (C=O) groups excluding carboxylic acids is 1. The summed E-state index contributed by atoms with van der Waals surface area (Å²) in [6.07, 6.45) is 21.5. The number of fused-ring (bicyclic) bond motifs is 5. The standard InChI is InChI=1S/C28H47.C5H9O.U/c1-19(2)20(3)10-11-21(4)24-14-15-25-23-13-12-22-9-7-8-17-27(22,5)26(23)16-18-28(24,25)6;1-5(2,3)4-6;/h7,12,19-21,23-26H,8-11,13-18H2,1-6H3;1-3H3;/q2*-1;+2/t20-,21-,23+,24-,25+,26+,27+,28-;;/m1../s1. The normalized spacial score (nSPS) is 37.9. The molecular weight excluding hydrogens is 650 g/mol. The van der Waals surface area contributed by atoms with Gasteiger partial charge < -0.3 is 11.2 Å². The van der Waals surface area contributed by atoms with Crippen LogP contribution in [0.4, 0.5) is 0 Å². The van der Waals surface area contributed by atoms with Crippen molar-refractivity contribution in [1.29, 1.82) is 0 Å². The van der Waals surface area contributed by atoms with Crippen LogP contribution in [-0.4, -0.2) is 6.29 Å². The first-order chi connectivity index (χ1) is 15.8. The van der Waals surface area contributed by atoms with Crippen LogP contribution in [0, 0.1) is 95.2 Å². The third-order valence-electron chi connectivity index (χ3n) is 11.1. The van der Waals surface area contributed by atoms with Crippen LogP contribution in [0.15, 0.2) is 11.6 Å². The summed E-state index contributed by atoms with van der Waals surface area (Å²) in [5, 5.41) is 0. The first kappa shape index (κ1) is 31.7. The Hall–Kier alpha value is 0.462. The summed E-state index contributed by atoms with van der Waals surface area (Å²) >= 11 is 0. The maximum atomic E-state index is 9.70. The summed E-state index contributed by atoms with van der Waals surface area (Å²) in [5.74, 6) is 6.59. The van der Waals surface area contributed by atoms with E-state index in [-0.39, 0.29) is 36.5 Å². The van der Waals surface area contributed by atoms with Gasteiger partial charge in [0.15, 0.2) is 0 Å². The van der Waals surface area contributed by atoms with Gasteiger partial charge in [0.05, 0.1) is 0 Å². The van der Waals surface area contributed by atoms with E-state index in [4.69, 9.17) is 0 Å². The molecule has 0 amide bonds. The predicted molar refractivity (Wildman–Crippen MR) is 147 cm³/mol. The van der Waals surface area contributed by atoms with Crippen LogP contribution in [0.3, 0.4) is 0 Å². The van der Waals surface area contributed by atoms with Gasteiger partial charge in [0.1, 0.15) is 0 Å². The maximum Gasteiger partial charge on any atom is 2.00 e. The van der Waals surface area contributed by atoms with E-state index in [9.17, 15) is 4.79 Å². The Morgan fingerprint density at radius 3 is 2.29 bits per heavy atom. The molecule has 0 spiro atoms. The van der Waals surface area contributed by atoms with Gasteiger partial charge in [0.2, 0.25) is 0 Å². The van der Waals surface area contributed by atoms with Gasteiger partial charge in [0.25, 0.3) is 0 Å². The van der Waals surface area contributed by atoms with Crippen LogP contribution in [0.5, 0.6) is 0 Å². The summed E-state index contributed by atoms with van der Waals surface area (Å²) in [5.41, 5.74) is 2.72. The Bertz CT molecular complexity index is 717. The summed E-state index contributed by atoms with van der Waals surface area (Å²) < 4.78 is 0. The molecule has 0 unspecified atom stereocenters. The molecule has 0 aromatic carbocycles. The molecule has 1 nitrogen and oxygen atoms in total. The van der Waals surface area contributed by atoms with Gasteiger partial charge in [-0.15, -0.1) is 5.41 Å². The number of hydrogen-bond donors (Lipinski definition) is 0. The van der Waals surface area contributed by atoms with Crippen molar-refractivity contribution < 1.29 is 35.9 Å². The number of allylic oxidation sites excluding steroid dienone is 2. The Labute approximate surface area is 243 Å². The number of rotatable bonds is 5. The second kappa shape index (κ2) is 12.5. The third-order valence-corrected chi connectivity index (χ3v) is 11.1. The molecule has 0 radical (unpaired) electrons. The molecule has 0 bridgehead atoms. The molecule has 0 heterocycles. The largest absolute Gasteiger partial charge is 2.00 e. The van der Waals surface area contributed by atoms with E-state index >= 15 is 0 Å². The number of hydrogen-bond acceptors (Lipinski definition) is 1. The second-order valence-corrected chi connectivity index (χ2v) is 14.6. The summed E-state index contributed by atoms with van der Waals surface area (Å²) in [4.78, 5) is 9.70. The van der Waals surface area contributed by atoms with Crippen LogP contribution < -0.4 is 0 Å². The molecule has 35 heavy (non-hydrogen) atoms. The monoisotopic (exact) mass is 706 g/mol. The van der Waals surface area contributed by atoms with Crippen LogP contribution >= 0.6 is 0 Å². The molecule has 0 aromatic rings. The molecule has 3 saturated carbocycles. The zero-order chi connectivity index (χ0) is 25.3. The van der Waals surface area contributed by atoms with Crippen molar-refractivity contribution in [3.05, 3.63) is 18.1 Å². The van der Waals surface area contributed by atoms with E-state index in [0.717, 1.165) is 41.4 Å². The summed E-state index contributed by atoms with van der Waals surface area (Å²) in [6.45, 7) is 20.7. The molecular formula is C33H56OU. The van der Waals surface area contributed by atoms with Crippen LogP contribution in [0.1, 0.15) is 127 Å². The van der Waals surface area contributed by atoms with Gasteiger partial charge in [-0.3, -0.25) is 6.29 Å². The smallest absolute Gasteiger partial charge is 0.541 e. The molecule has 4 aliphatic carbocycles. The topological polar surface area (TPSA) is 17.1 Å². The minimum Gasteiger partial charge on any atom is -0.541 e. The van der Waals surface area contributed by atoms with E-state index in [2.05, 4.69) is 54.0 Å². The van der Waals surface area contributed by atoms with Crippen molar-refractivity contribution in [2.24, 2.45) is 57.7 Å². The van der Waals surface area contributed by atoms with Gasteiger partial charge in [-0.25, -0.2) is 0 Å². The van der Waals surface area contributed by atoms with E-state index in [1.54, 1.807) is 0 Å². The Morgan fingerprint density at radius 2 is 1.69 bits per heavy atom. The second-order valence-electron chi connectivity index (χ2n) is 14.6. The van der Waals surface area contributed by atoms with Crippen LogP contribution in [0.2, 0.25) is 0 Å². The molecule has 4 aliphatic rings.